The first-order valence-electron chi connectivity index (χ1n) is 7.82. The Morgan fingerprint density at radius 1 is 1.32 bits per heavy atom. The van der Waals surface area contributed by atoms with Crippen molar-refractivity contribution < 1.29 is 22.7 Å². The van der Waals surface area contributed by atoms with Crippen LogP contribution in [0.15, 0.2) is 36.4 Å². The molecule has 0 aliphatic carbocycles. The van der Waals surface area contributed by atoms with Gasteiger partial charge in [0, 0.05) is 17.0 Å². The number of aromatic nitrogens is 2. The van der Waals surface area contributed by atoms with Gasteiger partial charge >= 0.3 is 6.61 Å². The van der Waals surface area contributed by atoms with Crippen molar-refractivity contribution in [3.63, 3.8) is 0 Å². The van der Waals surface area contributed by atoms with Crippen LogP contribution in [0.2, 0.25) is 0 Å². The van der Waals surface area contributed by atoms with Gasteiger partial charge in [-0.3, -0.25) is 4.79 Å². The van der Waals surface area contributed by atoms with E-state index in [1.807, 2.05) is 6.07 Å². The van der Waals surface area contributed by atoms with E-state index in [1.54, 1.807) is 0 Å². The number of hydrogen-bond acceptors (Lipinski definition) is 4. The Labute approximate surface area is 157 Å². The lowest BCUT2D eigenvalue weighted by Crippen LogP contribution is -2.13. The molecule has 0 spiro atoms. The van der Waals surface area contributed by atoms with E-state index in [4.69, 9.17) is 11.7 Å². The van der Waals surface area contributed by atoms with Gasteiger partial charge in [0.15, 0.2) is 11.6 Å². The lowest BCUT2D eigenvalue weighted by atomic mass is 10.1. The molecule has 0 unspecified atom stereocenters. The highest BCUT2D eigenvalue weighted by atomic mass is 19.3. The van der Waals surface area contributed by atoms with Gasteiger partial charge in [-0.25, -0.2) is 9.07 Å². The normalized spacial score (nSPS) is 10.5. The molecule has 9 heteroatoms. The zero-order valence-electron chi connectivity index (χ0n) is 14.1. The van der Waals surface area contributed by atoms with E-state index < -0.39 is 18.3 Å². The van der Waals surface area contributed by atoms with Crippen LogP contribution >= 0.6 is 0 Å². The molecule has 6 nitrogen and oxygen atoms in total. The molecule has 0 fully saturated rings. The molecule has 1 amide bonds. The zero-order chi connectivity index (χ0) is 20.3. The van der Waals surface area contributed by atoms with Crippen molar-refractivity contribution in [1.82, 2.24) is 9.78 Å². The molecule has 0 saturated carbocycles. The van der Waals surface area contributed by atoms with Crippen LogP contribution in [0.5, 0.6) is 5.75 Å². The van der Waals surface area contributed by atoms with Crippen LogP contribution in [0.25, 0.3) is 10.9 Å². The van der Waals surface area contributed by atoms with E-state index in [0.717, 1.165) is 18.2 Å². The molecule has 1 heterocycles. The van der Waals surface area contributed by atoms with E-state index in [1.165, 1.54) is 22.9 Å². The third-order valence-corrected chi connectivity index (χ3v) is 3.73. The molecule has 0 saturated heterocycles. The van der Waals surface area contributed by atoms with E-state index in [9.17, 15) is 18.0 Å². The van der Waals surface area contributed by atoms with Crippen molar-refractivity contribution in [2.45, 2.75) is 13.2 Å². The minimum atomic E-state index is -3.14. The second kappa shape index (κ2) is 7.72. The molecule has 3 aromatic rings. The molecule has 0 radical (unpaired) electrons. The maximum atomic E-state index is 13.0. The number of alkyl halides is 2. The summed E-state index contributed by atoms with van der Waals surface area (Å²) in [5.74, 6) is 0.915. The van der Waals surface area contributed by atoms with Crippen LogP contribution in [0.3, 0.4) is 0 Å². The Bertz CT molecular complexity index is 1130. The molecule has 1 aromatic heterocycles. The smallest absolute Gasteiger partial charge is 0.387 e. The largest absolute Gasteiger partial charge is 0.432 e. The van der Waals surface area contributed by atoms with Crippen LogP contribution in [-0.4, -0.2) is 22.3 Å². The summed E-state index contributed by atoms with van der Waals surface area (Å²) in [6, 6.07) is 9.12. The molecule has 0 aliphatic heterocycles. The summed E-state index contributed by atoms with van der Waals surface area (Å²) in [6.45, 7) is -3.22. The second-order valence-electron chi connectivity index (χ2n) is 5.53. The maximum absolute atomic E-state index is 13.0. The summed E-state index contributed by atoms with van der Waals surface area (Å²) in [7, 11) is 0. The molecule has 1 N–H and O–H groups in total. The number of halogens is 3. The minimum Gasteiger partial charge on any atom is -0.432 e. The number of terminal acetylenes is 1. The fraction of sp³-hybridized carbons (Fsp3) is 0.105. The number of benzene rings is 2. The fourth-order valence-electron chi connectivity index (χ4n) is 2.60. The molecular formula is C19H11F3N4O2. The molecule has 3 rings (SSSR count). The monoisotopic (exact) mass is 384 g/mol. The summed E-state index contributed by atoms with van der Waals surface area (Å²) in [4.78, 5) is 12.4. The van der Waals surface area contributed by atoms with Gasteiger partial charge in [0.25, 0.3) is 5.91 Å². The molecule has 0 bridgehead atoms. The Balaban J connectivity index is 2.11. The van der Waals surface area contributed by atoms with Crippen molar-refractivity contribution in [3.8, 4) is 24.2 Å². The van der Waals surface area contributed by atoms with E-state index >= 15 is 0 Å². The Morgan fingerprint density at radius 2 is 2.04 bits per heavy atom. The van der Waals surface area contributed by atoms with E-state index in [0.29, 0.717) is 0 Å². The number of anilines is 1. The Kier molecular flexibility index (Phi) is 5.18. The molecule has 0 aliphatic rings. The number of carbonyl (C=O) groups is 1. The molecular weight excluding hydrogens is 373 g/mol. The predicted octanol–water partition coefficient (Wildman–Crippen LogP) is 3.53. The molecule has 0 atom stereocenters. The first kappa shape index (κ1) is 18.8. The highest BCUT2D eigenvalue weighted by Gasteiger charge is 2.20. The first-order valence-corrected chi connectivity index (χ1v) is 7.82. The van der Waals surface area contributed by atoms with Gasteiger partial charge in [-0.2, -0.15) is 19.1 Å². The van der Waals surface area contributed by atoms with Gasteiger partial charge in [0.2, 0.25) is 0 Å². The SMILES string of the molecule is C#CCn1nc(NC(=O)c2ccc(F)cc2)c2cc(C#N)cc(OC(F)F)c21. The number of carbonyl (C=O) groups excluding carboxylic acids is 1. The predicted molar refractivity (Wildman–Crippen MR) is 94.3 cm³/mol. The summed E-state index contributed by atoms with van der Waals surface area (Å²) in [5, 5.41) is 16.0. The highest BCUT2D eigenvalue weighted by Crippen LogP contribution is 2.33. The minimum absolute atomic E-state index is 0.00390. The highest BCUT2D eigenvalue weighted by molar-refractivity contribution is 6.08. The van der Waals surface area contributed by atoms with Gasteiger partial charge in [0.1, 0.15) is 17.9 Å². The average Bonchev–Trinajstić information content (AvgIpc) is 2.99. The number of nitriles is 1. The number of fused-ring (bicyclic) bond motifs is 1. The van der Waals surface area contributed by atoms with Crippen LogP contribution in [-0.2, 0) is 6.54 Å². The second-order valence-corrected chi connectivity index (χ2v) is 5.53. The number of amides is 1. The summed E-state index contributed by atoms with van der Waals surface area (Å²) < 4.78 is 44.3. The average molecular weight is 384 g/mol. The third-order valence-electron chi connectivity index (χ3n) is 3.73. The first-order chi connectivity index (χ1) is 13.4. The third kappa shape index (κ3) is 3.74. The van der Waals surface area contributed by atoms with Gasteiger partial charge in [-0.05, 0) is 30.3 Å². The number of rotatable bonds is 5. The van der Waals surface area contributed by atoms with Gasteiger partial charge in [-0.1, -0.05) is 5.92 Å². The van der Waals surface area contributed by atoms with Crippen LogP contribution in [0.1, 0.15) is 15.9 Å². The van der Waals surface area contributed by atoms with Crippen molar-refractivity contribution in [3.05, 3.63) is 53.3 Å². The fourth-order valence-corrected chi connectivity index (χ4v) is 2.60. The zero-order valence-corrected chi connectivity index (χ0v) is 14.1. The van der Waals surface area contributed by atoms with Crippen molar-refractivity contribution in [2.75, 3.05) is 5.32 Å². The van der Waals surface area contributed by atoms with Gasteiger partial charge in [-0.15, -0.1) is 6.42 Å². The summed E-state index contributed by atoms with van der Waals surface area (Å²) in [6.07, 6.45) is 5.30. The van der Waals surface area contributed by atoms with Crippen LogP contribution < -0.4 is 10.1 Å². The number of ether oxygens (including phenoxy) is 1. The number of nitrogens with one attached hydrogen (secondary N) is 1. The molecule has 28 heavy (non-hydrogen) atoms. The number of nitrogens with zero attached hydrogens (tertiary/aromatic N) is 3. The van der Waals surface area contributed by atoms with Crippen molar-refractivity contribution in [2.24, 2.45) is 0 Å². The standard InChI is InChI=1S/C19H11F3N4O2/c1-2-7-26-16-14(8-11(10-23)9-15(16)28-19(21)22)17(25-26)24-18(27)12-3-5-13(20)6-4-12/h1,3-6,8-9,19H,7H2,(H,24,25,27). The summed E-state index contributed by atoms with van der Waals surface area (Å²) in [5.41, 5.74) is 0.286. The van der Waals surface area contributed by atoms with Crippen LogP contribution in [0, 0.1) is 29.5 Å². The van der Waals surface area contributed by atoms with Crippen molar-refractivity contribution >= 4 is 22.6 Å². The topological polar surface area (TPSA) is 79.9 Å². The number of hydrogen-bond donors (Lipinski definition) is 1. The molecule has 2 aromatic carbocycles. The van der Waals surface area contributed by atoms with Crippen molar-refractivity contribution in [1.29, 1.82) is 5.26 Å². The lowest BCUT2D eigenvalue weighted by Gasteiger charge is -2.08. The summed E-state index contributed by atoms with van der Waals surface area (Å²) >= 11 is 0. The Morgan fingerprint density at radius 3 is 2.64 bits per heavy atom. The van der Waals surface area contributed by atoms with Gasteiger partial charge < -0.3 is 10.1 Å². The quantitative estimate of drug-likeness (QED) is 0.683. The molecule has 140 valence electrons. The van der Waals surface area contributed by atoms with Crippen LogP contribution in [0.4, 0.5) is 19.0 Å². The maximum Gasteiger partial charge on any atom is 0.387 e. The van der Waals surface area contributed by atoms with E-state index in [-0.39, 0.29) is 40.1 Å². The van der Waals surface area contributed by atoms with Gasteiger partial charge in [0.05, 0.1) is 11.6 Å². The lowest BCUT2D eigenvalue weighted by molar-refractivity contribution is -0.0490. The Hall–Kier alpha value is -3.98. The van der Waals surface area contributed by atoms with E-state index in [2.05, 4.69) is 21.1 Å².